The molecule has 0 aromatic heterocycles. The van der Waals surface area contributed by atoms with E-state index in [1.165, 1.54) is 0 Å². The monoisotopic (exact) mass is 271 g/mol. The number of hydrogen-bond acceptors (Lipinski definition) is 3. The predicted molar refractivity (Wildman–Crippen MR) is 71.9 cm³/mol. The zero-order chi connectivity index (χ0) is 14.5. The topological polar surface area (TPSA) is 75.6 Å². The van der Waals surface area contributed by atoms with Gasteiger partial charge in [-0.2, -0.15) is 0 Å². The average Bonchev–Trinajstić information content (AvgIpc) is 2.33. The molecule has 1 amide bonds. The van der Waals surface area contributed by atoms with Crippen LogP contribution in [-0.4, -0.2) is 29.8 Å². The van der Waals surface area contributed by atoms with E-state index in [-0.39, 0.29) is 17.9 Å². The minimum atomic E-state index is -0.973. The van der Waals surface area contributed by atoms with Crippen molar-refractivity contribution in [2.75, 3.05) is 6.61 Å². The maximum atomic E-state index is 11.7. The number of aliphatic carboxylic acids is 1. The Morgan fingerprint density at radius 1 is 1.26 bits per heavy atom. The third kappa shape index (κ3) is 5.94. The van der Waals surface area contributed by atoms with Crippen molar-refractivity contribution in [1.29, 1.82) is 0 Å². The normalized spacial score (nSPS) is 18.7. The Labute approximate surface area is 114 Å². The molecule has 0 aromatic rings. The van der Waals surface area contributed by atoms with E-state index in [1.54, 1.807) is 0 Å². The summed E-state index contributed by atoms with van der Waals surface area (Å²) >= 11 is 0. The molecule has 110 valence electrons. The first kappa shape index (κ1) is 15.8. The molecule has 1 aliphatic carbocycles. The second kappa shape index (κ2) is 6.78. The molecule has 5 nitrogen and oxygen atoms in total. The Balaban J connectivity index is 2.48. The van der Waals surface area contributed by atoms with Gasteiger partial charge in [0.05, 0.1) is 6.61 Å². The Hall–Kier alpha value is -1.26. The third-order valence-electron chi connectivity index (χ3n) is 3.30. The summed E-state index contributed by atoms with van der Waals surface area (Å²) in [5.74, 6) is -0.951. The second-order valence-corrected chi connectivity index (χ2v) is 6.50. The van der Waals surface area contributed by atoms with Gasteiger partial charge in [0.25, 0.3) is 0 Å². The van der Waals surface area contributed by atoms with Crippen LogP contribution in [0.5, 0.6) is 0 Å². The lowest BCUT2D eigenvalue weighted by atomic mass is 9.84. The molecule has 1 atom stereocenters. The molecular weight excluding hydrogens is 246 g/mol. The lowest BCUT2D eigenvalue weighted by Crippen LogP contribution is -2.47. The van der Waals surface area contributed by atoms with Gasteiger partial charge in [-0.15, -0.1) is 0 Å². The molecule has 0 unspecified atom stereocenters. The summed E-state index contributed by atoms with van der Waals surface area (Å²) in [6.45, 7) is 6.14. The zero-order valence-electron chi connectivity index (χ0n) is 12.1. The maximum Gasteiger partial charge on any atom is 0.407 e. The van der Waals surface area contributed by atoms with Crippen molar-refractivity contribution in [3.05, 3.63) is 0 Å². The smallest absolute Gasteiger partial charge is 0.407 e. The third-order valence-corrected chi connectivity index (χ3v) is 3.30. The molecule has 19 heavy (non-hydrogen) atoms. The van der Waals surface area contributed by atoms with Gasteiger partial charge in [-0.25, -0.2) is 9.59 Å². The zero-order valence-corrected chi connectivity index (χ0v) is 12.1. The van der Waals surface area contributed by atoms with Crippen molar-refractivity contribution in [1.82, 2.24) is 5.32 Å². The van der Waals surface area contributed by atoms with Crippen LogP contribution in [0.15, 0.2) is 0 Å². The lowest BCUT2D eigenvalue weighted by Gasteiger charge is -2.28. The summed E-state index contributed by atoms with van der Waals surface area (Å²) in [6.07, 6.45) is 4.30. The van der Waals surface area contributed by atoms with Crippen LogP contribution in [0.3, 0.4) is 0 Å². The molecule has 2 N–H and O–H groups in total. The SMILES string of the molecule is CC(C)(C)COC(=O)N[C@H](C(=O)O)C1CCCCC1. The number of hydrogen-bond donors (Lipinski definition) is 2. The average molecular weight is 271 g/mol. The fourth-order valence-corrected chi connectivity index (χ4v) is 2.30. The van der Waals surface area contributed by atoms with Gasteiger partial charge >= 0.3 is 12.1 Å². The van der Waals surface area contributed by atoms with Crippen molar-refractivity contribution in [3.8, 4) is 0 Å². The number of rotatable bonds is 4. The van der Waals surface area contributed by atoms with Crippen molar-refractivity contribution in [2.24, 2.45) is 11.3 Å². The van der Waals surface area contributed by atoms with Crippen LogP contribution in [0.4, 0.5) is 4.79 Å². The van der Waals surface area contributed by atoms with E-state index >= 15 is 0 Å². The van der Waals surface area contributed by atoms with E-state index in [1.807, 2.05) is 20.8 Å². The molecule has 1 fully saturated rings. The fraction of sp³-hybridized carbons (Fsp3) is 0.857. The highest BCUT2D eigenvalue weighted by molar-refractivity contribution is 5.80. The van der Waals surface area contributed by atoms with Gasteiger partial charge in [0, 0.05) is 0 Å². The molecule has 0 saturated heterocycles. The highest BCUT2D eigenvalue weighted by Gasteiger charge is 2.31. The number of ether oxygens (including phenoxy) is 1. The number of amides is 1. The molecule has 0 spiro atoms. The van der Waals surface area contributed by atoms with Gasteiger partial charge in [-0.1, -0.05) is 40.0 Å². The van der Waals surface area contributed by atoms with Gasteiger partial charge in [0.2, 0.25) is 0 Å². The first-order chi connectivity index (χ1) is 8.79. The predicted octanol–water partition coefficient (Wildman–Crippen LogP) is 2.79. The van der Waals surface area contributed by atoms with Crippen LogP contribution >= 0.6 is 0 Å². The molecule has 5 heteroatoms. The van der Waals surface area contributed by atoms with E-state index in [2.05, 4.69) is 5.32 Å². The first-order valence-electron chi connectivity index (χ1n) is 6.96. The van der Waals surface area contributed by atoms with Gasteiger partial charge < -0.3 is 15.2 Å². The highest BCUT2D eigenvalue weighted by atomic mass is 16.5. The number of carbonyl (C=O) groups excluding carboxylic acids is 1. The van der Waals surface area contributed by atoms with E-state index in [0.717, 1.165) is 32.1 Å². The van der Waals surface area contributed by atoms with Gasteiger partial charge in [0.15, 0.2) is 0 Å². The minimum Gasteiger partial charge on any atom is -0.480 e. The maximum absolute atomic E-state index is 11.7. The number of carboxylic acids is 1. The quantitative estimate of drug-likeness (QED) is 0.824. The number of alkyl carbamates (subject to hydrolysis) is 1. The van der Waals surface area contributed by atoms with Crippen LogP contribution in [0, 0.1) is 11.3 Å². The number of carboxylic acid groups (broad SMARTS) is 1. The molecule has 0 aromatic carbocycles. The first-order valence-corrected chi connectivity index (χ1v) is 6.96. The van der Waals surface area contributed by atoms with Crippen LogP contribution in [-0.2, 0) is 9.53 Å². The summed E-state index contributed by atoms with van der Waals surface area (Å²) < 4.78 is 5.06. The lowest BCUT2D eigenvalue weighted by molar-refractivity contribution is -0.141. The van der Waals surface area contributed by atoms with Gasteiger partial charge in [0.1, 0.15) is 6.04 Å². The molecule has 0 aliphatic heterocycles. The van der Waals surface area contributed by atoms with E-state index in [0.29, 0.717) is 0 Å². The van der Waals surface area contributed by atoms with Crippen molar-refractivity contribution >= 4 is 12.1 Å². The van der Waals surface area contributed by atoms with Crippen molar-refractivity contribution in [2.45, 2.75) is 58.9 Å². The molecular formula is C14H25NO4. The standard InChI is InChI=1S/C14H25NO4/c1-14(2,3)9-19-13(18)15-11(12(16)17)10-7-5-4-6-8-10/h10-11H,4-9H2,1-3H3,(H,15,18)(H,16,17)/t11-/m0/s1. The Bertz CT molecular complexity index is 316. The molecule has 0 heterocycles. The molecule has 1 saturated carbocycles. The van der Waals surface area contributed by atoms with Crippen molar-refractivity contribution in [3.63, 3.8) is 0 Å². The number of carbonyl (C=O) groups is 2. The Morgan fingerprint density at radius 2 is 1.84 bits per heavy atom. The van der Waals surface area contributed by atoms with Crippen LogP contribution in [0.1, 0.15) is 52.9 Å². The molecule has 1 rings (SSSR count). The van der Waals surface area contributed by atoms with Crippen molar-refractivity contribution < 1.29 is 19.4 Å². The summed E-state index contributed by atoms with van der Waals surface area (Å²) in [5.41, 5.74) is -0.124. The number of nitrogens with one attached hydrogen (secondary N) is 1. The minimum absolute atomic E-state index is 0.0217. The highest BCUT2D eigenvalue weighted by Crippen LogP contribution is 2.26. The summed E-state index contributed by atoms with van der Waals surface area (Å²) in [4.78, 5) is 22.9. The van der Waals surface area contributed by atoms with Gasteiger partial charge in [-0.3, -0.25) is 0 Å². The van der Waals surface area contributed by atoms with Crippen LogP contribution < -0.4 is 5.32 Å². The van der Waals surface area contributed by atoms with Crippen LogP contribution in [0.25, 0.3) is 0 Å². The Morgan fingerprint density at radius 3 is 2.32 bits per heavy atom. The van der Waals surface area contributed by atoms with Gasteiger partial charge in [-0.05, 0) is 24.2 Å². The fourth-order valence-electron chi connectivity index (χ4n) is 2.30. The molecule has 1 aliphatic rings. The summed E-state index contributed by atoms with van der Waals surface area (Å²) in [7, 11) is 0. The molecule has 0 bridgehead atoms. The summed E-state index contributed by atoms with van der Waals surface area (Å²) in [5, 5.41) is 11.7. The molecule has 0 radical (unpaired) electrons. The summed E-state index contributed by atoms with van der Waals surface area (Å²) in [6, 6.07) is -0.826. The van der Waals surface area contributed by atoms with E-state index < -0.39 is 18.1 Å². The second-order valence-electron chi connectivity index (χ2n) is 6.50. The van der Waals surface area contributed by atoms with E-state index in [4.69, 9.17) is 4.74 Å². The Kier molecular flexibility index (Phi) is 5.63. The largest absolute Gasteiger partial charge is 0.480 e. The van der Waals surface area contributed by atoms with Crippen LogP contribution in [0.2, 0.25) is 0 Å². The van der Waals surface area contributed by atoms with E-state index in [9.17, 15) is 14.7 Å².